The summed E-state index contributed by atoms with van der Waals surface area (Å²) in [6.07, 6.45) is 0.943. The molecule has 7 nitrogen and oxygen atoms in total. The molecule has 2 N–H and O–H groups in total. The van der Waals surface area contributed by atoms with Crippen LogP contribution in [0.3, 0.4) is 0 Å². The maximum Gasteiger partial charge on any atom is 0.335 e. The Bertz CT molecular complexity index is 721. The van der Waals surface area contributed by atoms with Gasteiger partial charge in [-0.3, -0.25) is 4.72 Å². The normalized spacial score (nSPS) is 12.1. The number of hydrogen-bond donors (Lipinski definition) is 2. The van der Waals surface area contributed by atoms with Crippen molar-refractivity contribution in [3.8, 4) is 0 Å². The largest absolute Gasteiger partial charge is 0.478 e. The summed E-state index contributed by atoms with van der Waals surface area (Å²) >= 11 is 0. The molecule has 1 aromatic carbocycles. The molecule has 0 bridgehead atoms. The molecule has 9 heteroatoms. The minimum atomic E-state index is -3.85. The zero-order chi connectivity index (χ0) is 15.6. The average Bonchev–Trinajstić information content (AvgIpc) is 2.28. The van der Waals surface area contributed by atoms with Crippen molar-refractivity contribution in [2.24, 2.45) is 0 Å². The minimum absolute atomic E-state index is 0.0589. The average molecular weight is 321 g/mol. The molecule has 112 valence electrons. The van der Waals surface area contributed by atoms with Gasteiger partial charge in [-0.15, -0.1) is 0 Å². The van der Waals surface area contributed by atoms with Crippen LogP contribution >= 0.6 is 0 Å². The van der Waals surface area contributed by atoms with E-state index in [0.717, 1.165) is 6.26 Å². The number of benzene rings is 1. The maximum absolute atomic E-state index is 11.8. The molecule has 0 aliphatic rings. The van der Waals surface area contributed by atoms with Gasteiger partial charge in [0.15, 0.2) is 0 Å². The molecular weight excluding hydrogens is 306 g/mol. The van der Waals surface area contributed by atoms with Crippen molar-refractivity contribution in [3.63, 3.8) is 0 Å². The monoisotopic (exact) mass is 321 g/mol. The predicted octanol–water partition coefficient (Wildman–Crippen LogP) is 0.480. The summed E-state index contributed by atoms with van der Waals surface area (Å²) in [5, 5.41) is 8.85. The zero-order valence-corrected chi connectivity index (χ0v) is 12.6. The first kappa shape index (κ1) is 16.4. The number of nitrogens with one attached hydrogen (secondary N) is 1. The molecule has 1 rings (SSSR count). The number of hydrogen-bond acceptors (Lipinski definition) is 5. The lowest BCUT2D eigenvalue weighted by Gasteiger charge is -2.11. The lowest BCUT2D eigenvalue weighted by molar-refractivity contribution is 0.0697. The van der Waals surface area contributed by atoms with E-state index in [4.69, 9.17) is 5.11 Å². The first-order valence-corrected chi connectivity index (χ1v) is 9.23. The fourth-order valence-electron chi connectivity index (χ4n) is 1.34. The molecular formula is C11H15NO6S2. The molecule has 0 aromatic heterocycles. The summed E-state index contributed by atoms with van der Waals surface area (Å²) in [4.78, 5) is 10.8. The van der Waals surface area contributed by atoms with Gasteiger partial charge >= 0.3 is 5.97 Å². The van der Waals surface area contributed by atoms with Crippen molar-refractivity contribution >= 4 is 31.5 Å². The standard InChI is InChI=1S/C11H15NO6S2/c1-8-3-4-9(11(13)14)7-10(8)12-20(17,18)6-5-19(2,15)16/h3-4,7,12H,5-6H2,1-2H3,(H,13,14). The fraction of sp³-hybridized carbons (Fsp3) is 0.364. The van der Waals surface area contributed by atoms with Gasteiger partial charge in [0.05, 0.1) is 22.8 Å². The van der Waals surface area contributed by atoms with E-state index in [1.807, 2.05) is 0 Å². The first-order valence-electron chi connectivity index (χ1n) is 5.52. The van der Waals surface area contributed by atoms with Crippen molar-refractivity contribution in [1.29, 1.82) is 0 Å². The second-order valence-corrected chi connectivity index (χ2v) is 8.49. The smallest absolute Gasteiger partial charge is 0.335 e. The molecule has 0 unspecified atom stereocenters. The molecule has 0 heterocycles. The van der Waals surface area contributed by atoms with Crippen LogP contribution in [0.4, 0.5) is 5.69 Å². The summed E-state index contributed by atoms with van der Waals surface area (Å²) < 4.78 is 47.7. The third kappa shape index (κ3) is 5.17. The van der Waals surface area contributed by atoms with Crippen molar-refractivity contribution in [3.05, 3.63) is 29.3 Å². The molecule has 1 aromatic rings. The lowest BCUT2D eigenvalue weighted by atomic mass is 10.1. The Morgan fingerprint density at radius 1 is 1.20 bits per heavy atom. The van der Waals surface area contributed by atoms with Crippen molar-refractivity contribution < 1.29 is 26.7 Å². The number of sulfone groups is 1. The van der Waals surface area contributed by atoms with Crippen molar-refractivity contribution in [1.82, 2.24) is 0 Å². The molecule has 0 radical (unpaired) electrons. The Hall–Kier alpha value is -1.61. The van der Waals surface area contributed by atoms with Crippen molar-refractivity contribution in [2.45, 2.75) is 6.92 Å². The van der Waals surface area contributed by atoms with Crippen LogP contribution < -0.4 is 4.72 Å². The molecule has 0 spiro atoms. The van der Waals surface area contributed by atoms with E-state index < -0.39 is 37.3 Å². The highest BCUT2D eigenvalue weighted by Gasteiger charge is 2.16. The summed E-state index contributed by atoms with van der Waals surface area (Å²) in [5.74, 6) is -2.26. The van der Waals surface area contributed by atoms with Crippen LogP contribution in [0.5, 0.6) is 0 Å². The maximum atomic E-state index is 11.8. The van der Waals surface area contributed by atoms with Gasteiger partial charge in [0.25, 0.3) is 0 Å². The fourth-order valence-corrected chi connectivity index (χ4v) is 4.09. The van der Waals surface area contributed by atoms with Gasteiger partial charge in [-0.1, -0.05) is 6.07 Å². The Kier molecular flexibility index (Phi) is 4.77. The second-order valence-electron chi connectivity index (χ2n) is 4.39. The van der Waals surface area contributed by atoms with E-state index in [1.165, 1.54) is 18.2 Å². The van der Waals surface area contributed by atoms with Gasteiger partial charge in [0, 0.05) is 6.26 Å². The molecule has 0 aliphatic carbocycles. The number of anilines is 1. The number of aryl methyl sites for hydroxylation is 1. The lowest BCUT2D eigenvalue weighted by Crippen LogP contribution is -2.23. The molecule has 0 amide bonds. The molecule has 0 saturated heterocycles. The number of carboxylic acids is 1. The summed E-state index contributed by atoms with van der Waals surface area (Å²) in [6, 6.07) is 4.01. The van der Waals surface area contributed by atoms with Crippen LogP contribution in [0.25, 0.3) is 0 Å². The second kappa shape index (κ2) is 5.80. The van der Waals surface area contributed by atoms with Gasteiger partial charge in [0.1, 0.15) is 9.84 Å². The minimum Gasteiger partial charge on any atom is -0.478 e. The van der Waals surface area contributed by atoms with Crippen LogP contribution in [0.1, 0.15) is 15.9 Å². The quantitative estimate of drug-likeness (QED) is 0.787. The van der Waals surface area contributed by atoms with E-state index in [0.29, 0.717) is 5.56 Å². The zero-order valence-electron chi connectivity index (χ0n) is 11.0. The topological polar surface area (TPSA) is 118 Å². The third-order valence-corrected chi connectivity index (χ3v) is 4.95. The van der Waals surface area contributed by atoms with Crippen LogP contribution in [0.2, 0.25) is 0 Å². The van der Waals surface area contributed by atoms with E-state index in [-0.39, 0.29) is 11.3 Å². The van der Waals surface area contributed by atoms with Crippen molar-refractivity contribution in [2.75, 3.05) is 22.5 Å². The van der Waals surface area contributed by atoms with E-state index in [1.54, 1.807) is 6.92 Å². The third-order valence-electron chi connectivity index (χ3n) is 2.47. The summed E-state index contributed by atoms with van der Waals surface area (Å²) in [6.45, 7) is 1.61. The number of sulfonamides is 1. The van der Waals surface area contributed by atoms with Gasteiger partial charge in [-0.05, 0) is 24.6 Å². The van der Waals surface area contributed by atoms with E-state index >= 15 is 0 Å². The molecule has 0 aliphatic heterocycles. The molecule has 20 heavy (non-hydrogen) atoms. The Labute approximate surface area is 117 Å². The molecule has 0 saturated carbocycles. The number of carbonyl (C=O) groups is 1. The summed E-state index contributed by atoms with van der Waals surface area (Å²) in [7, 11) is -7.25. The first-order chi connectivity index (χ1) is 9.00. The van der Waals surface area contributed by atoms with Gasteiger partial charge in [0.2, 0.25) is 10.0 Å². The highest BCUT2D eigenvalue weighted by molar-refractivity contribution is 7.95. The Balaban J connectivity index is 2.97. The van der Waals surface area contributed by atoms with Crippen LogP contribution in [0.15, 0.2) is 18.2 Å². The Morgan fingerprint density at radius 3 is 2.30 bits per heavy atom. The number of carboxylic acid groups (broad SMARTS) is 1. The highest BCUT2D eigenvalue weighted by atomic mass is 32.2. The molecule has 0 atom stereocenters. The van der Waals surface area contributed by atoms with Gasteiger partial charge in [-0.2, -0.15) is 0 Å². The van der Waals surface area contributed by atoms with Gasteiger partial charge < -0.3 is 5.11 Å². The number of aromatic carboxylic acids is 1. The van der Waals surface area contributed by atoms with Crippen LogP contribution in [-0.2, 0) is 19.9 Å². The predicted molar refractivity (Wildman–Crippen MR) is 75.3 cm³/mol. The van der Waals surface area contributed by atoms with E-state index in [9.17, 15) is 21.6 Å². The van der Waals surface area contributed by atoms with Crippen LogP contribution in [0, 0.1) is 6.92 Å². The van der Waals surface area contributed by atoms with Gasteiger partial charge in [-0.25, -0.2) is 21.6 Å². The van der Waals surface area contributed by atoms with Crippen LogP contribution in [-0.4, -0.2) is 45.7 Å². The van der Waals surface area contributed by atoms with E-state index in [2.05, 4.69) is 4.72 Å². The summed E-state index contributed by atoms with van der Waals surface area (Å²) in [5.41, 5.74) is 0.604. The highest BCUT2D eigenvalue weighted by Crippen LogP contribution is 2.18. The number of rotatable bonds is 6. The SMILES string of the molecule is Cc1ccc(C(=O)O)cc1NS(=O)(=O)CCS(C)(=O)=O. The Morgan fingerprint density at radius 2 is 1.80 bits per heavy atom. The molecule has 0 fully saturated rings.